The first-order chi connectivity index (χ1) is 19.5. The zero-order valence-electron chi connectivity index (χ0n) is 23.7. The van der Waals surface area contributed by atoms with Crippen molar-refractivity contribution >= 4 is 11.5 Å². The predicted octanol–water partition coefficient (Wildman–Crippen LogP) is 5.26. The van der Waals surface area contributed by atoms with Gasteiger partial charge in [0.15, 0.2) is 5.78 Å². The molecule has 8 nitrogen and oxygen atoms in total. The molecule has 3 heterocycles. The quantitative estimate of drug-likeness (QED) is 0.258. The number of aromatic nitrogens is 5. The van der Waals surface area contributed by atoms with Crippen LogP contribution >= 0.6 is 0 Å². The molecule has 11 heteroatoms. The van der Waals surface area contributed by atoms with E-state index in [1.54, 1.807) is 39.8 Å². The van der Waals surface area contributed by atoms with E-state index in [2.05, 4.69) is 20.3 Å². The lowest BCUT2D eigenvalue weighted by atomic mass is 9.98. The highest BCUT2D eigenvalue weighted by Gasteiger charge is 2.32. The Labute approximate surface area is 237 Å². The summed E-state index contributed by atoms with van der Waals surface area (Å²) in [5, 5.41) is 12.8. The topological polar surface area (TPSA) is 72.1 Å². The third kappa shape index (κ3) is 6.35. The van der Waals surface area contributed by atoms with Gasteiger partial charge < -0.3 is 9.80 Å². The van der Waals surface area contributed by atoms with Crippen LogP contribution < -0.4 is 4.90 Å². The van der Waals surface area contributed by atoms with E-state index in [0.717, 1.165) is 67.1 Å². The molecule has 1 saturated heterocycles. The molecule has 1 aliphatic heterocycles. The van der Waals surface area contributed by atoms with Crippen LogP contribution in [0.3, 0.4) is 0 Å². The average Bonchev–Trinajstić information content (AvgIpc) is 3.70. The highest BCUT2D eigenvalue weighted by molar-refractivity contribution is 5.98. The number of alkyl halides is 3. The van der Waals surface area contributed by atoms with Gasteiger partial charge in [-0.25, -0.2) is 4.68 Å². The molecular formula is C30H34F3N7O. The highest BCUT2D eigenvalue weighted by Crippen LogP contribution is 2.33. The summed E-state index contributed by atoms with van der Waals surface area (Å²) in [6.07, 6.45) is 1.22. The van der Waals surface area contributed by atoms with Gasteiger partial charge in [0.25, 0.3) is 0 Å². The fourth-order valence-corrected chi connectivity index (χ4v) is 5.14. The summed E-state index contributed by atoms with van der Waals surface area (Å²) in [4.78, 5) is 17.5. The number of likely N-dealkylation sites (N-methyl/N-ethyl adjacent to an activating group) is 1. The number of nitrogens with zero attached hydrogens (tertiary/aromatic N) is 7. The summed E-state index contributed by atoms with van der Waals surface area (Å²) in [6.45, 7) is 7.24. The van der Waals surface area contributed by atoms with Gasteiger partial charge in [-0.1, -0.05) is 17.3 Å². The van der Waals surface area contributed by atoms with Gasteiger partial charge in [0, 0.05) is 56.1 Å². The first kappa shape index (κ1) is 28.5. The maximum Gasteiger partial charge on any atom is 0.416 e. The first-order valence-electron chi connectivity index (χ1n) is 13.7. The number of ketones is 1. The van der Waals surface area contributed by atoms with E-state index in [1.807, 2.05) is 39.1 Å². The van der Waals surface area contributed by atoms with Gasteiger partial charge in [-0.3, -0.25) is 9.48 Å². The number of Topliss-reactive ketones (excluding diaryl/α,β-unsaturated/α-hetero) is 1. The Balaban J connectivity index is 1.38. The fraction of sp³-hybridized carbons (Fsp3) is 0.400. The summed E-state index contributed by atoms with van der Waals surface area (Å²) >= 11 is 0. The third-order valence-corrected chi connectivity index (χ3v) is 7.85. The lowest BCUT2D eigenvalue weighted by Crippen LogP contribution is -2.31. The number of benzene rings is 2. The minimum absolute atomic E-state index is 0.0417. The van der Waals surface area contributed by atoms with Gasteiger partial charge in [0.05, 0.1) is 23.6 Å². The molecule has 41 heavy (non-hydrogen) atoms. The van der Waals surface area contributed by atoms with Crippen molar-refractivity contribution in [3.8, 4) is 16.9 Å². The normalized spacial score (nSPS) is 14.1. The third-order valence-electron chi connectivity index (χ3n) is 7.85. The summed E-state index contributed by atoms with van der Waals surface area (Å²) in [5.74, 6) is -0.384. The Morgan fingerprint density at radius 2 is 1.83 bits per heavy atom. The van der Waals surface area contributed by atoms with E-state index in [4.69, 9.17) is 0 Å². The Morgan fingerprint density at radius 3 is 2.51 bits per heavy atom. The number of likely N-dealkylation sites (tertiary alicyclic amines) is 1. The molecule has 1 aliphatic rings. The second-order valence-electron chi connectivity index (χ2n) is 10.8. The van der Waals surface area contributed by atoms with Crippen LogP contribution in [-0.2, 0) is 19.6 Å². The molecule has 2 aromatic carbocycles. The van der Waals surface area contributed by atoms with E-state index >= 15 is 0 Å². The van der Waals surface area contributed by atoms with Crippen LogP contribution in [0.5, 0.6) is 0 Å². The molecule has 0 atom stereocenters. The van der Waals surface area contributed by atoms with Gasteiger partial charge >= 0.3 is 6.18 Å². The van der Waals surface area contributed by atoms with Gasteiger partial charge in [0.1, 0.15) is 5.69 Å². The van der Waals surface area contributed by atoms with Crippen molar-refractivity contribution in [3.05, 3.63) is 76.7 Å². The number of carbonyl (C=O) groups is 1. The number of hydrogen-bond acceptors (Lipinski definition) is 6. The van der Waals surface area contributed by atoms with Gasteiger partial charge in [-0.2, -0.15) is 18.3 Å². The Morgan fingerprint density at radius 1 is 1.07 bits per heavy atom. The van der Waals surface area contributed by atoms with Crippen LogP contribution in [0.4, 0.5) is 18.9 Å². The van der Waals surface area contributed by atoms with E-state index in [9.17, 15) is 18.0 Å². The van der Waals surface area contributed by atoms with Crippen LogP contribution in [0.2, 0.25) is 0 Å². The van der Waals surface area contributed by atoms with Crippen molar-refractivity contribution < 1.29 is 18.0 Å². The molecule has 0 saturated carbocycles. The number of anilines is 1. The van der Waals surface area contributed by atoms with Crippen molar-refractivity contribution in [2.75, 3.05) is 38.1 Å². The van der Waals surface area contributed by atoms with E-state index in [1.165, 1.54) is 0 Å². The summed E-state index contributed by atoms with van der Waals surface area (Å²) in [6, 6.07) is 9.16. The molecule has 5 rings (SSSR count). The monoisotopic (exact) mass is 565 g/mol. The predicted molar refractivity (Wildman–Crippen MR) is 151 cm³/mol. The molecule has 0 radical (unpaired) electrons. The molecule has 2 aromatic heterocycles. The summed E-state index contributed by atoms with van der Waals surface area (Å²) < 4.78 is 44.8. The number of aryl methyl sites for hydroxylation is 2. The molecule has 0 unspecified atom stereocenters. The van der Waals surface area contributed by atoms with Gasteiger partial charge in [0.2, 0.25) is 0 Å². The lowest BCUT2D eigenvalue weighted by Gasteiger charge is -2.24. The molecule has 0 spiro atoms. The fourth-order valence-electron chi connectivity index (χ4n) is 5.14. The van der Waals surface area contributed by atoms with Crippen LogP contribution in [0.15, 0.2) is 48.8 Å². The molecule has 216 valence electrons. The highest BCUT2D eigenvalue weighted by atomic mass is 19.4. The minimum Gasteiger partial charge on any atom is -0.373 e. The van der Waals surface area contributed by atoms with Crippen LogP contribution in [0.25, 0.3) is 16.9 Å². The molecule has 0 amide bonds. The lowest BCUT2D eigenvalue weighted by molar-refractivity contribution is -0.137. The molecule has 0 aliphatic carbocycles. The van der Waals surface area contributed by atoms with Crippen LogP contribution in [0, 0.1) is 13.8 Å². The molecule has 0 bridgehead atoms. The molecule has 0 N–H and O–H groups in total. The number of rotatable bonds is 9. The second kappa shape index (κ2) is 11.5. The molecule has 4 aromatic rings. The Kier molecular flexibility index (Phi) is 7.99. The van der Waals surface area contributed by atoms with Crippen molar-refractivity contribution in [1.29, 1.82) is 0 Å². The maximum absolute atomic E-state index is 13.8. The number of carbonyl (C=O) groups excluding carboxylic acids is 1. The van der Waals surface area contributed by atoms with Crippen LogP contribution in [0.1, 0.15) is 45.6 Å². The zero-order valence-corrected chi connectivity index (χ0v) is 23.7. The maximum atomic E-state index is 13.8. The van der Waals surface area contributed by atoms with Gasteiger partial charge in [-0.15, -0.1) is 5.10 Å². The van der Waals surface area contributed by atoms with Crippen molar-refractivity contribution in [2.45, 2.75) is 39.3 Å². The Bertz CT molecular complexity index is 1550. The van der Waals surface area contributed by atoms with E-state index < -0.39 is 11.7 Å². The number of halogens is 3. The largest absolute Gasteiger partial charge is 0.416 e. The van der Waals surface area contributed by atoms with Crippen LogP contribution in [-0.4, -0.2) is 68.7 Å². The minimum atomic E-state index is -4.56. The SMILES string of the molecule is Cc1ccc(CC(=O)c2cc(N(C)CCN3CCCC3)cc(C(F)(F)F)c2)cc1-n1cc(-c2cnn(C)c2C)nn1. The summed E-state index contributed by atoms with van der Waals surface area (Å²) in [7, 11) is 3.62. The van der Waals surface area contributed by atoms with Crippen molar-refractivity contribution in [1.82, 2.24) is 29.7 Å². The van der Waals surface area contributed by atoms with Crippen molar-refractivity contribution in [3.63, 3.8) is 0 Å². The smallest absolute Gasteiger partial charge is 0.373 e. The number of hydrogen-bond donors (Lipinski definition) is 0. The Hall–Kier alpha value is -3.99. The van der Waals surface area contributed by atoms with Gasteiger partial charge in [-0.05, 0) is 75.2 Å². The molecular weight excluding hydrogens is 531 g/mol. The summed E-state index contributed by atoms with van der Waals surface area (Å²) in [5.41, 5.74) is 4.42. The van der Waals surface area contributed by atoms with Crippen molar-refractivity contribution in [2.24, 2.45) is 7.05 Å². The molecule has 1 fully saturated rings. The zero-order chi connectivity index (χ0) is 29.3. The van der Waals surface area contributed by atoms with E-state index in [-0.39, 0.29) is 17.8 Å². The average molecular weight is 566 g/mol. The first-order valence-corrected chi connectivity index (χ1v) is 13.7. The standard InChI is InChI=1S/C30H34F3N7O/c1-20-7-8-22(13-28(20)40-19-27(35-36-40)26-18-34-38(4)21(26)2)14-29(41)23-15-24(30(31,32)33)17-25(16-23)37(3)11-12-39-9-5-6-10-39/h7-8,13,15-19H,5-6,9-12,14H2,1-4H3. The van der Waals surface area contributed by atoms with E-state index in [0.29, 0.717) is 23.5 Å². The second-order valence-corrected chi connectivity index (χ2v) is 10.8.